The van der Waals surface area contributed by atoms with E-state index in [4.69, 9.17) is 0 Å². The van der Waals surface area contributed by atoms with Gasteiger partial charge in [-0.15, -0.1) is 0 Å². The van der Waals surface area contributed by atoms with Crippen molar-refractivity contribution in [3.8, 4) is 0 Å². The summed E-state index contributed by atoms with van der Waals surface area (Å²) < 4.78 is 13.6. The Morgan fingerprint density at radius 3 is 2.10 bits per heavy atom. The SMILES string of the molecule is O=C(CC(=O)Nc1ccccc1F)NN=Cc1c2ccccc2cc2ccccc12. The molecule has 0 unspecified atom stereocenters. The van der Waals surface area contributed by atoms with E-state index in [0.717, 1.165) is 27.1 Å². The van der Waals surface area contributed by atoms with Gasteiger partial charge in [-0.1, -0.05) is 60.7 Å². The van der Waals surface area contributed by atoms with Crippen molar-refractivity contribution < 1.29 is 14.0 Å². The third kappa shape index (κ3) is 4.17. The molecule has 30 heavy (non-hydrogen) atoms. The highest BCUT2D eigenvalue weighted by Crippen LogP contribution is 2.27. The summed E-state index contributed by atoms with van der Waals surface area (Å²) in [5.41, 5.74) is 3.27. The Kier molecular flexibility index (Phi) is 5.48. The summed E-state index contributed by atoms with van der Waals surface area (Å²) in [5, 5.41) is 10.6. The van der Waals surface area contributed by atoms with Crippen LogP contribution in [0, 0.1) is 5.82 Å². The van der Waals surface area contributed by atoms with E-state index in [0.29, 0.717) is 0 Å². The first-order valence-electron chi connectivity index (χ1n) is 9.38. The number of anilines is 1. The molecule has 4 aromatic rings. The lowest BCUT2D eigenvalue weighted by Gasteiger charge is -2.08. The van der Waals surface area contributed by atoms with Crippen LogP contribution in [0.4, 0.5) is 10.1 Å². The molecule has 0 aliphatic carbocycles. The number of nitrogens with one attached hydrogen (secondary N) is 2. The summed E-state index contributed by atoms with van der Waals surface area (Å²) in [6.07, 6.45) is 1.11. The second-order valence-electron chi connectivity index (χ2n) is 6.73. The van der Waals surface area contributed by atoms with Crippen LogP contribution < -0.4 is 10.7 Å². The zero-order chi connectivity index (χ0) is 20.9. The van der Waals surface area contributed by atoms with Gasteiger partial charge < -0.3 is 5.32 Å². The highest BCUT2D eigenvalue weighted by molar-refractivity contribution is 6.13. The molecule has 0 bridgehead atoms. The van der Waals surface area contributed by atoms with Gasteiger partial charge in [-0.2, -0.15) is 5.10 Å². The van der Waals surface area contributed by atoms with Gasteiger partial charge in [0.25, 0.3) is 0 Å². The van der Waals surface area contributed by atoms with Gasteiger partial charge in [-0.05, 0) is 39.7 Å². The van der Waals surface area contributed by atoms with E-state index in [9.17, 15) is 14.0 Å². The van der Waals surface area contributed by atoms with Crippen LogP contribution in [0.15, 0.2) is 84.0 Å². The molecule has 4 aromatic carbocycles. The van der Waals surface area contributed by atoms with Gasteiger partial charge in [0.2, 0.25) is 11.8 Å². The van der Waals surface area contributed by atoms with Crippen LogP contribution in [-0.2, 0) is 9.59 Å². The first kappa shape index (κ1) is 19.3. The number of para-hydroxylation sites is 1. The zero-order valence-electron chi connectivity index (χ0n) is 15.9. The summed E-state index contributed by atoms with van der Waals surface area (Å²) in [4.78, 5) is 24.0. The van der Waals surface area contributed by atoms with Crippen molar-refractivity contribution in [2.24, 2.45) is 5.10 Å². The van der Waals surface area contributed by atoms with E-state index in [1.807, 2.05) is 48.5 Å². The molecule has 0 fully saturated rings. The molecule has 0 aromatic heterocycles. The first-order valence-corrected chi connectivity index (χ1v) is 9.38. The molecule has 4 rings (SSSR count). The van der Waals surface area contributed by atoms with Crippen LogP contribution in [0.3, 0.4) is 0 Å². The molecule has 0 radical (unpaired) electrons. The second-order valence-corrected chi connectivity index (χ2v) is 6.73. The van der Waals surface area contributed by atoms with Gasteiger partial charge in [0.15, 0.2) is 0 Å². The molecule has 0 atom stereocenters. The monoisotopic (exact) mass is 399 g/mol. The number of hydrazone groups is 1. The maximum atomic E-state index is 13.6. The van der Waals surface area contributed by atoms with Crippen LogP contribution in [0.5, 0.6) is 0 Å². The highest BCUT2D eigenvalue weighted by atomic mass is 19.1. The molecule has 148 valence electrons. The van der Waals surface area contributed by atoms with E-state index in [2.05, 4.69) is 21.9 Å². The van der Waals surface area contributed by atoms with Crippen molar-refractivity contribution in [1.82, 2.24) is 5.43 Å². The Hall–Kier alpha value is -4.06. The van der Waals surface area contributed by atoms with Crippen molar-refractivity contribution in [3.05, 3.63) is 90.2 Å². The summed E-state index contributed by atoms with van der Waals surface area (Å²) in [5.74, 6) is -1.78. The summed E-state index contributed by atoms with van der Waals surface area (Å²) in [6, 6.07) is 23.7. The van der Waals surface area contributed by atoms with Crippen LogP contribution in [0.2, 0.25) is 0 Å². The Balaban J connectivity index is 1.49. The molecule has 0 spiro atoms. The number of nitrogens with zero attached hydrogens (tertiary/aromatic N) is 1. The van der Waals surface area contributed by atoms with E-state index < -0.39 is 24.1 Å². The topological polar surface area (TPSA) is 70.6 Å². The molecule has 0 aliphatic rings. The quantitative estimate of drug-likeness (QED) is 0.223. The van der Waals surface area contributed by atoms with Crippen molar-refractivity contribution >= 4 is 45.3 Å². The number of fused-ring (bicyclic) bond motifs is 2. The van der Waals surface area contributed by atoms with Crippen LogP contribution >= 0.6 is 0 Å². The smallest absolute Gasteiger partial charge is 0.249 e. The number of carbonyl (C=O) groups excluding carboxylic acids is 2. The molecule has 2 N–H and O–H groups in total. The van der Waals surface area contributed by atoms with E-state index in [1.165, 1.54) is 18.2 Å². The minimum absolute atomic E-state index is 0.0287. The maximum absolute atomic E-state index is 13.6. The molecular formula is C24H18FN3O2. The molecule has 5 nitrogen and oxygen atoms in total. The van der Waals surface area contributed by atoms with E-state index in [1.54, 1.807) is 12.3 Å². The van der Waals surface area contributed by atoms with Crippen molar-refractivity contribution in [2.45, 2.75) is 6.42 Å². The Bertz CT molecular complexity index is 1230. The number of benzene rings is 4. The number of amides is 2. The fourth-order valence-corrected chi connectivity index (χ4v) is 3.30. The lowest BCUT2D eigenvalue weighted by Crippen LogP contribution is -2.25. The van der Waals surface area contributed by atoms with Crippen molar-refractivity contribution in [3.63, 3.8) is 0 Å². The third-order valence-corrected chi connectivity index (χ3v) is 4.66. The Labute approximate surface area is 172 Å². The summed E-state index contributed by atoms with van der Waals surface area (Å²) >= 11 is 0. The minimum atomic E-state index is -0.622. The van der Waals surface area contributed by atoms with Crippen molar-refractivity contribution in [1.29, 1.82) is 0 Å². The van der Waals surface area contributed by atoms with Gasteiger partial charge in [-0.25, -0.2) is 9.82 Å². The predicted octanol–water partition coefficient (Wildman–Crippen LogP) is 4.61. The Morgan fingerprint density at radius 2 is 1.43 bits per heavy atom. The summed E-state index contributed by atoms with van der Waals surface area (Å²) in [7, 11) is 0. The standard InChI is InChI=1S/C24H18FN3O2/c25-21-11-5-6-12-22(21)27-23(29)14-24(30)28-26-15-20-18-9-3-1-7-16(18)13-17-8-2-4-10-19(17)20/h1-13,15H,14H2,(H,27,29)(H,28,30). The summed E-state index contributed by atoms with van der Waals surface area (Å²) in [6.45, 7) is 0. The average molecular weight is 399 g/mol. The van der Waals surface area contributed by atoms with Crippen LogP contribution in [0.1, 0.15) is 12.0 Å². The van der Waals surface area contributed by atoms with Crippen molar-refractivity contribution in [2.75, 3.05) is 5.32 Å². The lowest BCUT2D eigenvalue weighted by atomic mass is 9.97. The highest BCUT2D eigenvalue weighted by Gasteiger charge is 2.11. The van der Waals surface area contributed by atoms with Gasteiger partial charge in [-0.3, -0.25) is 9.59 Å². The number of hydrogen-bond acceptors (Lipinski definition) is 3. The molecule has 0 aliphatic heterocycles. The molecule has 0 heterocycles. The number of hydrogen-bond donors (Lipinski definition) is 2. The van der Waals surface area contributed by atoms with Gasteiger partial charge in [0, 0.05) is 5.56 Å². The second kappa shape index (κ2) is 8.53. The van der Waals surface area contributed by atoms with Crippen LogP contribution in [-0.4, -0.2) is 18.0 Å². The van der Waals surface area contributed by atoms with Gasteiger partial charge in [0.05, 0.1) is 11.9 Å². The number of rotatable bonds is 5. The molecular weight excluding hydrogens is 381 g/mol. The number of carbonyl (C=O) groups is 2. The van der Waals surface area contributed by atoms with E-state index >= 15 is 0 Å². The zero-order valence-corrected chi connectivity index (χ0v) is 15.9. The normalized spacial score (nSPS) is 11.1. The number of halogens is 1. The molecule has 0 saturated carbocycles. The third-order valence-electron chi connectivity index (χ3n) is 4.66. The van der Waals surface area contributed by atoms with Gasteiger partial charge in [0.1, 0.15) is 12.2 Å². The predicted molar refractivity (Wildman–Crippen MR) is 117 cm³/mol. The first-order chi connectivity index (χ1) is 14.6. The minimum Gasteiger partial charge on any atom is -0.323 e. The average Bonchev–Trinajstić information content (AvgIpc) is 2.75. The Morgan fingerprint density at radius 1 is 0.833 bits per heavy atom. The fourth-order valence-electron chi connectivity index (χ4n) is 3.30. The molecule has 2 amide bonds. The van der Waals surface area contributed by atoms with Gasteiger partial charge >= 0.3 is 0 Å². The van der Waals surface area contributed by atoms with Crippen LogP contribution in [0.25, 0.3) is 21.5 Å². The fraction of sp³-hybridized carbons (Fsp3) is 0.0417. The molecule has 6 heteroatoms. The largest absolute Gasteiger partial charge is 0.323 e. The maximum Gasteiger partial charge on any atom is 0.249 e. The lowest BCUT2D eigenvalue weighted by molar-refractivity contribution is -0.126. The molecule has 0 saturated heterocycles. The van der Waals surface area contributed by atoms with E-state index in [-0.39, 0.29) is 5.69 Å².